The normalized spacial score (nSPS) is 21.9. The molecule has 1 amide bonds. The van der Waals surface area contributed by atoms with Gasteiger partial charge in [0.15, 0.2) is 0 Å². The lowest BCUT2D eigenvalue weighted by molar-refractivity contribution is -0.157. The second kappa shape index (κ2) is 11.6. The molecule has 7 nitrogen and oxygen atoms in total. The first-order valence-electron chi connectivity index (χ1n) is 12.3. The van der Waals surface area contributed by atoms with E-state index in [0.29, 0.717) is 25.8 Å². The highest BCUT2D eigenvalue weighted by molar-refractivity contribution is 5.88. The van der Waals surface area contributed by atoms with Crippen LogP contribution in [0.3, 0.4) is 0 Å². The number of aliphatic carboxylic acids is 1. The lowest BCUT2D eigenvalue weighted by Gasteiger charge is -2.47. The highest BCUT2D eigenvalue weighted by Gasteiger charge is 2.45. The van der Waals surface area contributed by atoms with Crippen LogP contribution in [0.5, 0.6) is 0 Å². The van der Waals surface area contributed by atoms with Crippen LogP contribution in [0.15, 0.2) is 30.3 Å². The first-order chi connectivity index (χ1) is 15.8. The summed E-state index contributed by atoms with van der Waals surface area (Å²) in [4.78, 5) is 39.5. The van der Waals surface area contributed by atoms with Gasteiger partial charge in [0.05, 0.1) is 12.6 Å². The third-order valence-corrected chi connectivity index (χ3v) is 7.33. The Labute approximate surface area is 196 Å². The average Bonchev–Trinajstić information content (AvgIpc) is 2.82. The van der Waals surface area contributed by atoms with Crippen LogP contribution in [0.25, 0.3) is 0 Å². The van der Waals surface area contributed by atoms with Gasteiger partial charge >= 0.3 is 11.9 Å². The Morgan fingerprint density at radius 1 is 1.15 bits per heavy atom. The van der Waals surface area contributed by atoms with Crippen molar-refractivity contribution in [1.82, 2.24) is 10.2 Å². The van der Waals surface area contributed by atoms with Crippen LogP contribution in [-0.2, 0) is 25.5 Å². The zero-order valence-electron chi connectivity index (χ0n) is 19.9. The maximum absolute atomic E-state index is 13.3. The predicted octanol–water partition coefficient (Wildman–Crippen LogP) is 3.56. The van der Waals surface area contributed by atoms with Crippen molar-refractivity contribution in [2.24, 2.45) is 5.41 Å². The second-order valence-corrected chi connectivity index (χ2v) is 9.62. The summed E-state index contributed by atoms with van der Waals surface area (Å²) >= 11 is 0. The number of piperidine rings is 1. The number of carboxylic acids is 1. The molecule has 2 N–H and O–H groups in total. The number of hydrogen-bond acceptors (Lipinski definition) is 5. The molecule has 0 radical (unpaired) electrons. The van der Waals surface area contributed by atoms with Crippen LogP contribution in [0.4, 0.5) is 0 Å². The number of rotatable bonds is 9. The lowest BCUT2D eigenvalue weighted by atomic mass is 9.66. The van der Waals surface area contributed by atoms with E-state index in [-0.39, 0.29) is 23.9 Å². The molecule has 0 bridgehead atoms. The molecule has 2 unspecified atom stereocenters. The maximum Gasteiger partial charge on any atom is 0.326 e. The van der Waals surface area contributed by atoms with E-state index in [9.17, 15) is 19.5 Å². The molecular weight excluding hydrogens is 420 g/mol. The van der Waals surface area contributed by atoms with E-state index in [0.717, 1.165) is 37.7 Å². The van der Waals surface area contributed by atoms with E-state index in [2.05, 4.69) is 5.32 Å². The molecule has 182 valence electrons. The summed E-state index contributed by atoms with van der Waals surface area (Å²) in [6, 6.07) is 7.73. The van der Waals surface area contributed by atoms with E-state index < -0.39 is 24.1 Å². The average molecular weight is 459 g/mol. The van der Waals surface area contributed by atoms with Crippen LogP contribution < -0.4 is 5.32 Å². The van der Waals surface area contributed by atoms with Crippen LogP contribution in [-0.4, -0.2) is 59.1 Å². The Bertz CT molecular complexity index is 806. The van der Waals surface area contributed by atoms with Gasteiger partial charge in [-0.25, -0.2) is 4.79 Å². The minimum absolute atomic E-state index is 0.0535. The molecule has 1 aromatic rings. The number of hydrogen-bond donors (Lipinski definition) is 2. The molecule has 0 aromatic heterocycles. The number of carboxylic acid groups (broad SMARTS) is 1. The number of ether oxygens (including phenoxy) is 1. The molecular formula is C26H38N2O5. The van der Waals surface area contributed by atoms with Gasteiger partial charge in [0.25, 0.3) is 0 Å². The summed E-state index contributed by atoms with van der Waals surface area (Å²) < 4.78 is 5.23. The number of nitrogens with zero attached hydrogens (tertiary/aromatic N) is 1. The molecule has 33 heavy (non-hydrogen) atoms. The Kier molecular flexibility index (Phi) is 8.89. The molecule has 1 aliphatic carbocycles. The van der Waals surface area contributed by atoms with Crippen molar-refractivity contribution in [3.05, 3.63) is 35.9 Å². The van der Waals surface area contributed by atoms with E-state index in [1.165, 1.54) is 11.3 Å². The molecule has 1 aromatic carbocycles. The number of carbonyl (C=O) groups is 3. The largest absolute Gasteiger partial charge is 0.480 e. The molecule has 1 saturated carbocycles. The fraction of sp³-hybridized carbons (Fsp3) is 0.654. The smallest absolute Gasteiger partial charge is 0.326 e. The zero-order chi connectivity index (χ0) is 23.8. The first-order valence-corrected chi connectivity index (χ1v) is 12.3. The lowest BCUT2D eigenvalue weighted by Crippen LogP contribution is -2.59. The highest BCUT2D eigenvalue weighted by Crippen LogP contribution is 2.46. The Hall–Kier alpha value is -2.41. The highest BCUT2D eigenvalue weighted by atomic mass is 16.5. The van der Waals surface area contributed by atoms with Crippen molar-refractivity contribution in [1.29, 1.82) is 0 Å². The number of esters is 1. The van der Waals surface area contributed by atoms with E-state index in [1.54, 1.807) is 13.8 Å². The summed E-state index contributed by atoms with van der Waals surface area (Å²) in [6.45, 7) is 4.18. The molecule has 3 atom stereocenters. The van der Waals surface area contributed by atoms with Crippen molar-refractivity contribution < 1.29 is 24.2 Å². The molecule has 3 rings (SSSR count). The Morgan fingerprint density at radius 3 is 2.48 bits per heavy atom. The number of nitrogens with one attached hydrogen (secondary N) is 1. The molecule has 1 spiro atoms. The van der Waals surface area contributed by atoms with Gasteiger partial charge in [-0.3, -0.25) is 14.9 Å². The second-order valence-electron chi connectivity index (χ2n) is 9.62. The standard InChI is InChI=1S/C26H38N2O5/c1-3-33-25(32)21(13-12-20-10-6-4-7-11-20)27-19(2)23(29)28-17-16-26(14-8-5-9-15-26)18-22(28)24(30)31/h4,6-7,10-11,19,21-22,27H,3,5,8-9,12-18H2,1-2H3,(H,30,31)/t19-,21?,22?/m0/s1. The van der Waals surface area contributed by atoms with Gasteiger partial charge in [0, 0.05) is 6.54 Å². The van der Waals surface area contributed by atoms with Crippen molar-refractivity contribution in [3.63, 3.8) is 0 Å². The van der Waals surface area contributed by atoms with Crippen LogP contribution in [0.2, 0.25) is 0 Å². The molecule has 1 saturated heterocycles. The van der Waals surface area contributed by atoms with Crippen molar-refractivity contribution >= 4 is 17.8 Å². The van der Waals surface area contributed by atoms with Crippen molar-refractivity contribution in [3.8, 4) is 0 Å². The van der Waals surface area contributed by atoms with Crippen LogP contribution in [0, 0.1) is 5.41 Å². The number of aryl methyl sites for hydroxylation is 1. The monoisotopic (exact) mass is 458 g/mol. The van der Waals surface area contributed by atoms with Gasteiger partial charge in [-0.15, -0.1) is 0 Å². The molecule has 7 heteroatoms. The first kappa shape index (κ1) is 25.2. The van der Waals surface area contributed by atoms with Gasteiger partial charge in [0.1, 0.15) is 12.1 Å². The summed E-state index contributed by atoms with van der Waals surface area (Å²) in [5, 5.41) is 13.1. The van der Waals surface area contributed by atoms with E-state index in [1.807, 2.05) is 30.3 Å². The fourth-order valence-electron chi connectivity index (χ4n) is 5.47. The number of likely N-dealkylation sites (tertiary alicyclic amines) is 1. The van der Waals surface area contributed by atoms with Gasteiger partial charge in [0.2, 0.25) is 5.91 Å². The molecule has 1 heterocycles. The Morgan fingerprint density at radius 2 is 1.85 bits per heavy atom. The van der Waals surface area contributed by atoms with Gasteiger partial charge < -0.3 is 14.7 Å². The number of amides is 1. The predicted molar refractivity (Wildman–Crippen MR) is 126 cm³/mol. The summed E-state index contributed by atoms with van der Waals surface area (Å²) in [7, 11) is 0. The van der Waals surface area contributed by atoms with Crippen LogP contribution >= 0.6 is 0 Å². The molecule has 2 aliphatic rings. The third-order valence-electron chi connectivity index (χ3n) is 7.33. The van der Waals surface area contributed by atoms with Gasteiger partial charge in [-0.05, 0) is 63.4 Å². The van der Waals surface area contributed by atoms with Gasteiger partial charge in [-0.1, -0.05) is 49.6 Å². The summed E-state index contributed by atoms with van der Waals surface area (Å²) in [5.41, 5.74) is 1.16. The minimum atomic E-state index is -0.939. The summed E-state index contributed by atoms with van der Waals surface area (Å²) in [5.74, 6) is -1.59. The van der Waals surface area contributed by atoms with Crippen LogP contribution in [0.1, 0.15) is 70.8 Å². The number of carbonyl (C=O) groups excluding carboxylic acids is 2. The zero-order valence-corrected chi connectivity index (χ0v) is 19.9. The van der Waals surface area contributed by atoms with Gasteiger partial charge in [-0.2, -0.15) is 0 Å². The molecule has 1 aliphatic heterocycles. The van der Waals surface area contributed by atoms with Crippen molar-refractivity contribution in [2.45, 2.75) is 89.8 Å². The maximum atomic E-state index is 13.3. The van der Waals surface area contributed by atoms with E-state index in [4.69, 9.17) is 4.74 Å². The molecule has 2 fully saturated rings. The topological polar surface area (TPSA) is 95.9 Å². The quantitative estimate of drug-likeness (QED) is 0.550. The number of benzene rings is 1. The summed E-state index contributed by atoms with van der Waals surface area (Å²) in [6.07, 6.45) is 8.13. The fourth-order valence-corrected chi connectivity index (χ4v) is 5.47. The van der Waals surface area contributed by atoms with E-state index >= 15 is 0 Å². The minimum Gasteiger partial charge on any atom is -0.480 e. The Balaban J connectivity index is 1.66. The third kappa shape index (κ3) is 6.56. The van der Waals surface area contributed by atoms with Crippen molar-refractivity contribution in [2.75, 3.05) is 13.2 Å². The SMILES string of the molecule is CCOC(=O)C(CCc1ccccc1)N[C@@H](C)C(=O)N1CCC2(CCCCC2)CC1C(=O)O.